The molecule has 23 heavy (non-hydrogen) atoms. The van der Waals surface area contributed by atoms with Gasteiger partial charge < -0.3 is 20.1 Å². The number of halogens is 1. The second-order valence-corrected chi connectivity index (χ2v) is 5.94. The first-order chi connectivity index (χ1) is 10.8. The Balaban J connectivity index is 0.00000484. The summed E-state index contributed by atoms with van der Waals surface area (Å²) in [5.74, 6) is 0.795. The second kappa shape index (κ2) is 15.2. The molecule has 0 bridgehead atoms. The highest BCUT2D eigenvalue weighted by Gasteiger charge is 2.07. The van der Waals surface area contributed by atoms with Crippen LogP contribution in [0.4, 0.5) is 0 Å². The number of hydrogen-bond donors (Lipinski definition) is 2. The maximum absolute atomic E-state index is 5.52. The number of rotatable bonds is 11. The van der Waals surface area contributed by atoms with Crippen LogP contribution in [0, 0.1) is 0 Å². The Hall–Kier alpha value is -0.380. The minimum absolute atomic E-state index is 0. The second-order valence-electron chi connectivity index (χ2n) is 4.96. The van der Waals surface area contributed by atoms with E-state index in [1.807, 2.05) is 0 Å². The predicted molar refractivity (Wildman–Crippen MR) is 109 cm³/mol. The molecule has 0 saturated carbocycles. The summed E-state index contributed by atoms with van der Waals surface area (Å²) in [5.41, 5.74) is 0. The van der Waals surface area contributed by atoms with E-state index in [0.29, 0.717) is 19.8 Å². The van der Waals surface area contributed by atoms with Crippen LogP contribution < -0.4 is 10.6 Å². The van der Waals surface area contributed by atoms with Gasteiger partial charge in [-0.2, -0.15) is 0 Å². The molecule has 0 saturated heterocycles. The number of nitrogens with zero attached hydrogens (tertiary/aromatic N) is 1. The highest BCUT2D eigenvalue weighted by molar-refractivity contribution is 14.0. The lowest BCUT2D eigenvalue weighted by Gasteiger charge is -2.16. The number of thiophene rings is 1. The average molecular weight is 455 g/mol. The standard InChI is InChI=1S/C16H29N3O2S.HI/c1-4-5-9-20-11-12-21-10-8-18-16(17-3)19-14(2)15-7-6-13-22-15;/h6-7,13-14H,4-5,8-12H2,1-3H3,(H2,17,18,19);1H. The van der Waals surface area contributed by atoms with Crippen LogP contribution in [0.1, 0.15) is 37.6 Å². The molecular weight excluding hydrogens is 425 g/mol. The molecule has 0 radical (unpaired) electrons. The van der Waals surface area contributed by atoms with E-state index in [1.165, 1.54) is 11.3 Å². The number of aliphatic imine (C=N–C) groups is 1. The SMILES string of the molecule is CCCCOCCOCCNC(=NC)NC(C)c1cccs1.I. The molecule has 1 atom stereocenters. The van der Waals surface area contributed by atoms with Gasteiger partial charge in [-0.05, 0) is 24.8 Å². The van der Waals surface area contributed by atoms with Gasteiger partial charge in [-0.3, -0.25) is 4.99 Å². The Morgan fingerprint density at radius 3 is 2.61 bits per heavy atom. The number of ether oxygens (including phenoxy) is 2. The monoisotopic (exact) mass is 455 g/mol. The minimum atomic E-state index is 0. The van der Waals surface area contributed by atoms with Crippen molar-refractivity contribution in [3.8, 4) is 0 Å². The van der Waals surface area contributed by atoms with E-state index >= 15 is 0 Å². The van der Waals surface area contributed by atoms with Crippen molar-refractivity contribution in [1.82, 2.24) is 10.6 Å². The van der Waals surface area contributed by atoms with Crippen molar-refractivity contribution in [3.05, 3.63) is 22.4 Å². The van der Waals surface area contributed by atoms with E-state index in [9.17, 15) is 0 Å². The van der Waals surface area contributed by atoms with Gasteiger partial charge in [0.05, 0.1) is 25.9 Å². The Labute approximate surface area is 161 Å². The molecule has 134 valence electrons. The van der Waals surface area contributed by atoms with Gasteiger partial charge in [0.1, 0.15) is 0 Å². The van der Waals surface area contributed by atoms with Crippen LogP contribution in [0.25, 0.3) is 0 Å². The van der Waals surface area contributed by atoms with Crippen LogP contribution in [0.15, 0.2) is 22.5 Å². The molecule has 7 heteroatoms. The van der Waals surface area contributed by atoms with Crippen LogP contribution in [0.5, 0.6) is 0 Å². The summed E-state index contributed by atoms with van der Waals surface area (Å²) in [6.07, 6.45) is 2.28. The summed E-state index contributed by atoms with van der Waals surface area (Å²) in [6.45, 7) is 7.80. The zero-order valence-corrected chi connectivity index (χ0v) is 17.5. The molecule has 0 aliphatic rings. The molecule has 2 N–H and O–H groups in total. The molecule has 0 spiro atoms. The van der Waals surface area contributed by atoms with Crippen molar-refractivity contribution in [1.29, 1.82) is 0 Å². The van der Waals surface area contributed by atoms with Crippen molar-refractivity contribution in [2.75, 3.05) is 40.0 Å². The molecule has 0 amide bonds. The summed E-state index contributed by atoms with van der Waals surface area (Å²) in [5, 5.41) is 8.70. The zero-order chi connectivity index (χ0) is 16.0. The van der Waals surface area contributed by atoms with Crippen LogP contribution in [0.2, 0.25) is 0 Å². The lowest BCUT2D eigenvalue weighted by atomic mass is 10.3. The number of guanidine groups is 1. The molecule has 0 fully saturated rings. The van der Waals surface area contributed by atoms with Gasteiger partial charge in [-0.1, -0.05) is 19.4 Å². The van der Waals surface area contributed by atoms with Crippen LogP contribution >= 0.6 is 35.3 Å². The maximum atomic E-state index is 5.52. The molecule has 0 aromatic carbocycles. The quantitative estimate of drug-likeness (QED) is 0.232. The smallest absolute Gasteiger partial charge is 0.191 e. The first-order valence-electron chi connectivity index (χ1n) is 7.94. The first kappa shape index (κ1) is 22.6. The first-order valence-corrected chi connectivity index (χ1v) is 8.82. The lowest BCUT2D eigenvalue weighted by molar-refractivity contribution is 0.0487. The molecule has 5 nitrogen and oxygen atoms in total. The van der Waals surface area contributed by atoms with E-state index in [2.05, 4.69) is 47.0 Å². The third-order valence-corrected chi connectivity index (χ3v) is 4.15. The maximum Gasteiger partial charge on any atom is 0.191 e. The number of unbranched alkanes of at least 4 members (excludes halogenated alkanes) is 1. The van der Waals surface area contributed by atoms with Gasteiger partial charge in [-0.15, -0.1) is 35.3 Å². The lowest BCUT2D eigenvalue weighted by Crippen LogP contribution is -2.40. The van der Waals surface area contributed by atoms with E-state index in [-0.39, 0.29) is 30.0 Å². The van der Waals surface area contributed by atoms with Gasteiger partial charge in [0, 0.05) is 25.1 Å². The fourth-order valence-corrected chi connectivity index (χ4v) is 2.55. The van der Waals surface area contributed by atoms with Gasteiger partial charge >= 0.3 is 0 Å². The van der Waals surface area contributed by atoms with Gasteiger partial charge in [-0.25, -0.2) is 0 Å². The fraction of sp³-hybridized carbons (Fsp3) is 0.688. The molecule has 1 unspecified atom stereocenters. The Kier molecular flexibility index (Phi) is 14.9. The molecular formula is C16H30IN3O2S. The van der Waals surface area contributed by atoms with Crippen LogP contribution in [-0.4, -0.2) is 46.0 Å². The predicted octanol–water partition coefficient (Wildman–Crippen LogP) is 3.43. The van der Waals surface area contributed by atoms with E-state index in [1.54, 1.807) is 18.4 Å². The van der Waals surface area contributed by atoms with Gasteiger partial charge in [0.15, 0.2) is 5.96 Å². The van der Waals surface area contributed by atoms with Crippen molar-refractivity contribution in [2.24, 2.45) is 4.99 Å². The summed E-state index contributed by atoms with van der Waals surface area (Å²) in [7, 11) is 1.78. The van der Waals surface area contributed by atoms with Crippen LogP contribution in [0.3, 0.4) is 0 Å². The average Bonchev–Trinajstić information content (AvgIpc) is 3.06. The molecule has 1 aromatic heterocycles. The van der Waals surface area contributed by atoms with Crippen molar-refractivity contribution in [3.63, 3.8) is 0 Å². The van der Waals surface area contributed by atoms with Gasteiger partial charge in [0.2, 0.25) is 0 Å². The summed E-state index contributed by atoms with van der Waals surface area (Å²) in [4.78, 5) is 5.52. The number of hydrogen-bond acceptors (Lipinski definition) is 4. The molecule has 0 aliphatic carbocycles. The Bertz CT molecular complexity index is 402. The third kappa shape index (κ3) is 10.9. The molecule has 1 heterocycles. The van der Waals surface area contributed by atoms with Crippen LogP contribution in [-0.2, 0) is 9.47 Å². The van der Waals surface area contributed by atoms with Crippen molar-refractivity contribution in [2.45, 2.75) is 32.7 Å². The van der Waals surface area contributed by atoms with E-state index in [0.717, 1.165) is 25.5 Å². The van der Waals surface area contributed by atoms with Crippen molar-refractivity contribution >= 4 is 41.3 Å². The normalized spacial score (nSPS) is 12.6. The summed E-state index contributed by atoms with van der Waals surface area (Å²) >= 11 is 1.74. The molecule has 1 aromatic rings. The van der Waals surface area contributed by atoms with E-state index < -0.39 is 0 Å². The Morgan fingerprint density at radius 2 is 2.00 bits per heavy atom. The zero-order valence-electron chi connectivity index (χ0n) is 14.3. The minimum Gasteiger partial charge on any atom is -0.379 e. The highest BCUT2D eigenvalue weighted by atomic mass is 127. The third-order valence-electron chi connectivity index (χ3n) is 3.10. The fourth-order valence-electron chi connectivity index (χ4n) is 1.82. The molecule has 1 rings (SSSR count). The number of nitrogens with one attached hydrogen (secondary N) is 2. The largest absolute Gasteiger partial charge is 0.379 e. The molecule has 0 aliphatic heterocycles. The van der Waals surface area contributed by atoms with E-state index in [4.69, 9.17) is 9.47 Å². The Morgan fingerprint density at radius 1 is 1.26 bits per heavy atom. The highest BCUT2D eigenvalue weighted by Crippen LogP contribution is 2.17. The van der Waals surface area contributed by atoms with Crippen molar-refractivity contribution < 1.29 is 9.47 Å². The topological polar surface area (TPSA) is 54.9 Å². The van der Waals surface area contributed by atoms with Gasteiger partial charge in [0.25, 0.3) is 0 Å². The summed E-state index contributed by atoms with van der Waals surface area (Å²) in [6, 6.07) is 4.43. The summed E-state index contributed by atoms with van der Waals surface area (Å²) < 4.78 is 11.0.